The fraction of sp³-hybridized carbons (Fsp3) is 0. The van der Waals surface area contributed by atoms with Crippen LogP contribution in [0.1, 0.15) is 10.4 Å². The first-order chi connectivity index (χ1) is 8.18. The van der Waals surface area contributed by atoms with Gasteiger partial charge in [0, 0.05) is 6.20 Å². The van der Waals surface area contributed by atoms with Gasteiger partial charge in [-0.1, -0.05) is 0 Å². The van der Waals surface area contributed by atoms with Crippen LogP contribution in [0, 0.1) is 5.82 Å². The van der Waals surface area contributed by atoms with Crippen LogP contribution in [-0.4, -0.2) is 26.1 Å². The van der Waals surface area contributed by atoms with Gasteiger partial charge in [-0.15, -0.1) is 5.10 Å². The van der Waals surface area contributed by atoms with Crippen molar-refractivity contribution in [3.05, 3.63) is 36.0 Å². The van der Waals surface area contributed by atoms with Gasteiger partial charge in [0.25, 0.3) is 5.91 Å². The van der Waals surface area contributed by atoms with Gasteiger partial charge in [0.2, 0.25) is 5.95 Å². The van der Waals surface area contributed by atoms with E-state index in [1.165, 1.54) is 24.7 Å². The maximum absolute atomic E-state index is 13.5. The highest BCUT2D eigenvalue weighted by Gasteiger charge is 2.15. The van der Waals surface area contributed by atoms with E-state index in [9.17, 15) is 9.18 Å². The van der Waals surface area contributed by atoms with E-state index in [0.29, 0.717) is 0 Å². The van der Waals surface area contributed by atoms with Crippen molar-refractivity contribution in [2.24, 2.45) is 0 Å². The number of carbonyl (C=O) groups is 1. The zero-order valence-electron chi connectivity index (χ0n) is 8.46. The van der Waals surface area contributed by atoms with E-state index in [-0.39, 0.29) is 17.3 Å². The molecule has 0 saturated heterocycles. The van der Waals surface area contributed by atoms with Gasteiger partial charge in [0.05, 0.1) is 18.0 Å². The normalized spacial score (nSPS) is 9.94. The van der Waals surface area contributed by atoms with Gasteiger partial charge in [-0.3, -0.25) is 10.1 Å². The molecule has 0 aliphatic heterocycles. The molecule has 8 heteroatoms. The maximum Gasteiger partial charge on any atom is 0.261 e. The molecule has 3 N–H and O–H groups in total. The SMILES string of the molecule is Nc1nccc(C(=O)Nc2nccnn2)c1F. The van der Waals surface area contributed by atoms with Crippen LogP contribution in [0.4, 0.5) is 16.2 Å². The van der Waals surface area contributed by atoms with Crippen LogP contribution in [0.2, 0.25) is 0 Å². The fourth-order valence-corrected chi connectivity index (χ4v) is 1.11. The molecule has 86 valence electrons. The van der Waals surface area contributed by atoms with Crippen molar-refractivity contribution >= 4 is 17.7 Å². The Bertz CT molecular complexity index is 546. The van der Waals surface area contributed by atoms with E-state index in [0.717, 1.165) is 0 Å². The van der Waals surface area contributed by atoms with Gasteiger partial charge in [-0.2, -0.15) is 5.10 Å². The molecular formula is C9H7FN6O. The number of nitrogen functional groups attached to an aromatic ring is 1. The fourth-order valence-electron chi connectivity index (χ4n) is 1.11. The van der Waals surface area contributed by atoms with Crippen molar-refractivity contribution in [1.82, 2.24) is 20.2 Å². The van der Waals surface area contributed by atoms with E-state index in [1.807, 2.05) is 0 Å². The molecule has 2 aromatic rings. The summed E-state index contributed by atoms with van der Waals surface area (Å²) in [6, 6.07) is 1.21. The van der Waals surface area contributed by atoms with E-state index < -0.39 is 11.7 Å². The predicted octanol–water partition coefficient (Wildman–Crippen LogP) is 0.240. The molecule has 0 spiro atoms. The molecule has 0 saturated carbocycles. The molecule has 0 radical (unpaired) electrons. The van der Waals surface area contributed by atoms with Gasteiger partial charge in [0.15, 0.2) is 11.6 Å². The Morgan fingerprint density at radius 2 is 2.12 bits per heavy atom. The van der Waals surface area contributed by atoms with Gasteiger partial charge >= 0.3 is 0 Å². The van der Waals surface area contributed by atoms with Crippen LogP contribution < -0.4 is 11.1 Å². The third-order valence-corrected chi connectivity index (χ3v) is 1.87. The lowest BCUT2D eigenvalue weighted by atomic mass is 10.2. The molecule has 17 heavy (non-hydrogen) atoms. The number of hydrogen-bond donors (Lipinski definition) is 2. The molecule has 2 rings (SSSR count). The average molecular weight is 234 g/mol. The van der Waals surface area contributed by atoms with Crippen LogP contribution in [0.5, 0.6) is 0 Å². The summed E-state index contributed by atoms with van der Waals surface area (Å²) in [5, 5.41) is 9.33. The van der Waals surface area contributed by atoms with Gasteiger partial charge in [-0.05, 0) is 6.07 Å². The first-order valence-electron chi connectivity index (χ1n) is 4.53. The van der Waals surface area contributed by atoms with Crippen LogP contribution in [-0.2, 0) is 0 Å². The molecule has 0 aliphatic carbocycles. The number of anilines is 2. The van der Waals surface area contributed by atoms with Gasteiger partial charge in [0.1, 0.15) is 0 Å². The number of halogens is 1. The average Bonchev–Trinajstić information content (AvgIpc) is 2.34. The standard InChI is InChI=1S/C9H7FN6O/c10-6-5(1-2-12-7(6)11)8(17)15-9-13-3-4-14-16-9/h1-4H,(H2,11,12)(H,13,15,16,17). The van der Waals surface area contributed by atoms with Crippen molar-refractivity contribution in [2.45, 2.75) is 0 Å². The first-order valence-corrected chi connectivity index (χ1v) is 4.53. The summed E-state index contributed by atoms with van der Waals surface area (Å²) in [4.78, 5) is 18.9. The van der Waals surface area contributed by atoms with Crippen molar-refractivity contribution < 1.29 is 9.18 Å². The zero-order valence-corrected chi connectivity index (χ0v) is 8.46. The van der Waals surface area contributed by atoms with Crippen molar-refractivity contribution in [2.75, 3.05) is 11.1 Å². The Morgan fingerprint density at radius 1 is 1.29 bits per heavy atom. The highest BCUT2D eigenvalue weighted by molar-refractivity contribution is 6.03. The summed E-state index contributed by atoms with van der Waals surface area (Å²) in [5.41, 5.74) is 5.01. The Morgan fingerprint density at radius 3 is 2.82 bits per heavy atom. The number of nitrogens with zero attached hydrogens (tertiary/aromatic N) is 4. The van der Waals surface area contributed by atoms with E-state index in [2.05, 4.69) is 25.5 Å². The molecule has 7 nitrogen and oxygen atoms in total. The molecule has 2 heterocycles. The summed E-state index contributed by atoms with van der Waals surface area (Å²) in [6.45, 7) is 0. The quantitative estimate of drug-likeness (QED) is 0.770. The number of amides is 1. The lowest BCUT2D eigenvalue weighted by Gasteiger charge is -2.04. The molecule has 0 fully saturated rings. The Balaban J connectivity index is 2.24. The van der Waals surface area contributed by atoms with Crippen LogP contribution in [0.3, 0.4) is 0 Å². The zero-order chi connectivity index (χ0) is 12.3. The monoisotopic (exact) mass is 234 g/mol. The summed E-state index contributed by atoms with van der Waals surface area (Å²) in [5.74, 6) is -1.96. The second-order valence-corrected chi connectivity index (χ2v) is 2.98. The summed E-state index contributed by atoms with van der Waals surface area (Å²) >= 11 is 0. The molecule has 1 amide bonds. The second kappa shape index (κ2) is 4.47. The largest absolute Gasteiger partial charge is 0.381 e. The van der Waals surface area contributed by atoms with Crippen LogP contribution in [0.15, 0.2) is 24.7 Å². The molecule has 0 atom stereocenters. The lowest BCUT2D eigenvalue weighted by Crippen LogP contribution is -2.17. The second-order valence-electron chi connectivity index (χ2n) is 2.98. The highest BCUT2D eigenvalue weighted by Crippen LogP contribution is 2.12. The van der Waals surface area contributed by atoms with E-state index >= 15 is 0 Å². The van der Waals surface area contributed by atoms with Crippen LogP contribution in [0.25, 0.3) is 0 Å². The predicted molar refractivity (Wildman–Crippen MR) is 56.4 cm³/mol. The lowest BCUT2D eigenvalue weighted by molar-refractivity contribution is 0.102. The summed E-state index contributed by atoms with van der Waals surface area (Å²) in [7, 11) is 0. The first kappa shape index (κ1) is 10.9. The molecule has 2 aromatic heterocycles. The number of nitrogens with two attached hydrogens (primary N) is 1. The number of carbonyl (C=O) groups excluding carboxylic acids is 1. The Hall–Kier alpha value is -2.64. The molecular weight excluding hydrogens is 227 g/mol. The number of nitrogens with one attached hydrogen (secondary N) is 1. The number of hydrogen-bond acceptors (Lipinski definition) is 6. The Labute approximate surface area is 94.9 Å². The van der Waals surface area contributed by atoms with Gasteiger partial charge < -0.3 is 5.73 Å². The highest BCUT2D eigenvalue weighted by atomic mass is 19.1. The summed E-state index contributed by atoms with van der Waals surface area (Å²) in [6.07, 6.45) is 3.93. The minimum Gasteiger partial charge on any atom is -0.381 e. The topological polar surface area (TPSA) is 107 Å². The molecule has 0 bridgehead atoms. The minimum atomic E-state index is -0.881. The number of rotatable bonds is 2. The summed E-state index contributed by atoms with van der Waals surface area (Å²) < 4.78 is 13.5. The van der Waals surface area contributed by atoms with Gasteiger partial charge in [-0.25, -0.2) is 14.4 Å². The maximum atomic E-state index is 13.5. The van der Waals surface area contributed by atoms with Crippen molar-refractivity contribution in [3.63, 3.8) is 0 Å². The van der Waals surface area contributed by atoms with Crippen molar-refractivity contribution in [3.8, 4) is 0 Å². The third kappa shape index (κ3) is 2.30. The van der Waals surface area contributed by atoms with Crippen LogP contribution >= 0.6 is 0 Å². The molecule has 0 aliphatic rings. The van der Waals surface area contributed by atoms with E-state index in [1.54, 1.807) is 0 Å². The third-order valence-electron chi connectivity index (χ3n) is 1.87. The smallest absolute Gasteiger partial charge is 0.261 e. The number of pyridine rings is 1. The molecule has 0 aromatic carbocycles. The number of aromatic nitrogens is 4. The van der Waals surface area contributed by atoms with E-state index in [4.69, 9.17) is 5.73 Å². The Kier molecular flexibility index (Phi) is 2.86. The minimum absolute atomic E-state index is 0.0210. The molecule has 0 unspecified atom stereocenters. The van der Waals surface area contributed by atoms with Crippen molar-refractivity contribution in [1.29, 1.82) is 0 Å².